The number of quaternary nitrogens is 1. The number of carbonyl (C=O) groups excluding carboxylic acids is 2. The number of nitrogens with one attached hydrogen (secondary N) is 1. The number of esters is 1. The maximum absolute atomic E-state index is 13.6. The van der Waals surface area contributed by atoms with E-state index < -0.39 is 20.0 Å². The Kier molecular flexibility index (Phi) is 57.7. The SMILES string of the molecule is CCCCC/C=C\C/C=C\C/C=C\CCCCCCCCCCCCC(=O)OC(/C=C/CCCCCCCCCCCC)C(COP(=O)(O)OCC[N+](C)(C)C)NC(=O)CCCCCCCCCCC/C=C\C/C=C\CCCCC. The van der Waals surface area contributed by atoms with Crippen LogP contribution in [0.3, 0.4) is 0 Å². The molecule has 466 valence electrons. The number of likely N-dealkylation sites (N-methyl/N-ethyl adjacent to an activating group) is 1. The third kappa shape index (κ3) is 60.1. The van der Waals surface area contributed by atoms with Crippen LogP contribution in [0.2, 0.25) is 0 Å². The van der Waals surface area contributed by atoms with E-state index in [0.717, 1.165) is 77.0 Å². The first kappa shape index (κ1) is 77.5. The fourth-order valence-corrected chi connectivity index (χ4v) is 10.4. The molecular weight excluding hydrogens is 1010 g/mol. The highest BCUT2D eigenvalue weighted by atomic mass is 31.2. The van der Waals surface area contributed by atoms with E-state index in [-0.39, 0.29) is 31.5 Å². The lowest BCUT2D eigenvalue weighted by Crippen LogP contribution is -2.47. The summed E-state index contributed by atoms with van der Waals surface area (Å²) < 4.78 is 30.8. The van der Waals surface area contributed by atoms with Crippen molar-refractivity contribution in [2.24, 2.45) is 0 Å². The third-order valence-corrected chi connectivity index (χ3v) is 15.9. The van der Waals surface area contributed by atoms with Crippen molar-refractivity contribution in [3.63, 3.8) is 0 Å². The van der Waals surface area contributed by atoms with E-state index in [4.69, 9.17) is 13.8 Å². The molecular formula is C70H130N2O7P+. The molecule has 0 aromatic heterocycles. The summed E-state index contributed by atoms with van der Waals surface area (Å²) in [4.78, 5) is 37.8. The van der Waals surface area contributed by atoms with Crippen LogP contribution in [0.5, 0.6) is 0 Å². The van der Waals surface area contributed by atoms with Gasteiger partial charge >= 0.3 is 13.8 Å². The van der Waals surface area contributed by atoms with Crippen LogP contribution in [-0.2, 0) is 27.9 Å². The molecule has 0 heterocycles. The van der Waals surface area contributed by atoms with E-state index in [9.17, 15) is 19.0 Å². The van der Waals surface area contributed by atoms with Crippen LogP contribution in [0.25, 0.3) is 0 Å². The standard InChI is InChI=1S/C70H129N2O7P/c1-7-10-13-16-19-22-25-28-30-32-34-35-36-37-39-41-43-45-48-51-54-57-60-63-70(74)79-68(61-58-55-52-49-46-27-24-21-18-15-12-9-3)67(66-78-80(75,76)77-65-64-72(4,5)6)71-69(73)62-59-56-53-50-47-44-42-40-38-33-31-29-26-23-20-17-14-11-8-2/h19-20,22-23,28-31,34-35,58,61,67-68H,7-18,21,24-27,32-33,36-57,59-60,62-66H2,1-6H3,(H-,71,73,75,76)/p+1/b22-19-,23-20-,30-28-,31-29-,35-34-,61-58+. The summed E-state index contributed by atoms with van der Waals surface area (Å²) in [5.41, 5.74) is 0. The number of unbranched alkanes of at least 4 members (excludes halogenated alkanes) is 35. The van der Waals surface area contributed by atoms with Crippen LogP contribution in [0.1, 0.15) is 310 Å². The number of phosphoric acid groups is 1. The summed E-state index contributed by atoms with van der Waals surface area (Å²) >= 11 is 0. The number of allylic oxidation sites excluding steroid dienone is 11. The summed E-state index contributed by atoms with van der Waals surface area (Å²) in [5.74, 6) is -0.508. The number of ether oxygens (including phenoxy) is 1. The molecule has 0 bridgehead atoms. The van der Waals surface area contributed by atoms with Gasteiger partial charge in [-0.1, -0.05) is 267 Å². The lowest BCUT2D eigenvalue weighted by molar-refractivity contribution is -0.870. The number of phosphoric ester groups is 1. The van der Waals surface area contributed by atoms with Gasteiger partial charge in [-0.2, -0.15) is 0 Å². The van der Waals surface area contributed by atoms with Gasteiger partial charge in [-0.05, 0) is 102 Å². The molecule has 0 rings (SSSR count). The van der Waals surface area contributed by atoms with Crippen LogP contribution < -0.4 is 5.32 Å². The first-order valence-electron chi connectivity index (χ1n) is 33.8. The lowest BCUT2D eigenvalue weighted by Gasteiger charge is -2.27. The zero-order valence-electron chi connectivity index (χ0n) is 53.3. The second-order valence-electron chi connectivity index (χ2n) is 24.0. The Morgan fingerprint density at radius 3 is 1.16 bits per heavy atom. The number of amides is 1. The van der Waals surface area contributed by atoms with Crippen LogP contribution in [-0.4, -0.2) is 74.3 Å². The summed E-state index contributed by atoms with van der Waals surface area (Å²) in [7, 11) is 1.49. The van der Waals surface area contributed by atoms with E-state index in [1.807, 2.05) is 33.3 Å². The molecule has 1 amide bonds. The average molecular weight is 1140 g/mol. The summed E-state index contributed by atoms with van der Waals surface area (Å²) in [6.45, 7) is 6.98. The lowest BCUT2D eigenvalue weighted by atomic mass is 10.0. The van der Waals surface area contributed by atoms with Crippen LogP contribution in [0, 0.1) is 0 Å². The maximum Gasteiger partial charge on any atom is 0.472 e. The molecule has 0 aliphatic heterocycles. The summed E-state index contributed by atoms with van der Waals surface area (Å²) in [5, 5.41) is 3.06. The second kappa shape index (κ2) is 59.6. The molecule has 0 aliphatic carbocycles. The van der Waals surface area contributed by atoms with Crippen LogP contribution in [0.4, 0.5) is 0 Å². The molecule has 10 heteroatoms. The molecule has 0 radical (unpaired) electrons. The first-order valence-corrected chi connectivity index (χ1v) is 35.3. The normalized spacial score (nSPS) is 14.0. The highest BCUT2D eigenvalue weighted by molar-refractivity contribution is 7.47. The van der Waals surface area contributed by atoms with E-state index >= 15 is 0 Å². The van der Waals surface area contributed by atoms with Crippen molar-refractivity contribution in [3.05, 3.63) is 72.9 Å². The summed E-state index contributed by atoms with van der Waals surface area (Å²) in [6.07, 6.45) is 77.5. The molecule has 80 heavy (non-hydrogen) atoms. The Morgan fingerprint density at radius 2 is 0.762 bits per heavy atom. The van der Waals surface area contributed by atoms with Gasteiger partial charge < -0.3 is 19.4 Å². The monoisotopic (exact) mass is 1140 g/mol. The zero-order valence-corrected chi connectivity index (χ0v) is 54.2. The van der Waals surface area contributed by atoms with Crippen molar-refractivity contribution in [2.75, 3.05) is 40.9 Å². The Bertz CT molecular complexity index is 1600. The fourth-order valence-electron chi connectivity index (χ4n) is 9.63. The quantitative estimate of drug-likeness (QED) is 0.0205. The Hall–Kier alpha value is -2.55. The highest BCUT2D eigenvalue weighted by Crippen LogP contribution is 2.43. The van der Waals surface area contributed by atoms with E-state index in [1.54, 1.807) is 0 Å². The van der Waals surface area contributed by atoms with Crippen LogP contribution >= 0.6 is 7.82 Å². The molecule has 9 nitrogen and oxygen atoms in total. The molecule has 3 atom stereocenters. The second-order valence-corrected chi connectivity index (χ2v) is 25.4. The van der Waals surface area contributed by atoms with Crippen molar-refractivity contribution in [3.8, 4) is 0 Å². The first-order chi connectivity index (χ1) is 38.9. The van der Waals surface area contributed by atoms with Gasteiger partial charge in [0.2, 0.25) is 5.91 Å². The minimum absolute atomic E-state index is 0.0371. The van der Waals surface area contributed by atoms with Crippen molar-refractivity contribution < 1.29 is 37.3 Å². The molecule has 0 saturated heterocycles. The van der Waals surface area contributed by atoms with Gasteiger partial charge in [0, 0.05) is 12.8 Å². The third-order valence-electron chi connectivity index (χ3n) is 14.9. The molecule has 2 N–H and O–H groups in total. The topological polar surface area (TPSA) is 111 Å². The number of hydrogen-bond acceptors (Lipinski definition) is 6. The van der Waals surface area contributed by atoms with Gasteiger partial charge in [0.25, 0.3) is 0 Å². The van der Waals surface area contributed by atoms with Gasteiger partial charge in [0.05, 0.1) is 33.8 Å². The van der Waals surface area contributed by atoms with Gasteiger partial charge in [-0.15, -0.1) is 0 Å². The van der Waals surface area contributed by atoms with Gasteiger partial charge in [-0.25, -0.2) is 4.57 Å². The van der Waals surface area contributed by atoms with Crippen molar-refractivity contribution >= 4 is 19.7 Å². The van der Waals surface area contributed by atoms with Gasteiger partial charge in [0.15, 0.2) is 0 Å². The molecule has 0 aromatic rings. The van der Waals surface area contributed by atoms with E-state index in [2.05, 4.69) is 86.8 Å². The minimum atomic E-state index is -4.46. The van der Waals surface area contributed by atoms with Crippen molar-refractivity contribution in [2.45, 2.75) is 322 Å². The number of nitrogens with zero attached hydrogens (tertiary/aromatic N) is 1. The molecule has 0 aliphatic rings. The predicted molar refractivity (Wildman–Crippen MR) is 346 cm³/mol. The number of rotatable bonds is 61. The van der Waals surface area contributed by atoms with E-state index in [0.29, 0.717) is 17.4 Å². The Labute approximate surface area is 495 Å². The molecule has 0 fully saturated rings. The van der Waals surface area contributed by atoms with Crippen molar-refractivity contribution in [1.29, 1.82) is 0 Å². The Balaban J connectivity index is 5.15. The average Bonchev–Trinajstić information content (AvgIpc) is 3.43. The van der Waals surface area contributed by atoms with Gasteiger partial charge in [0.1, 0.15) is 19.3 Å². The molecule has 0 aromatic carbocycles. The highest BCUT2D eigenvalue weighted by Gasteiger charge is 2.30. The number of hydrogen-bond donors (Lipinski definition) is 2. The fraction of sp³-hybridized carbons (Fsp3) is 0.800. The summed E-state index contributed by atoms with van der Waals surface area (Å²) in [6, 6.07) is -0.855. The maximum atomic E-state index is 13.6. The van der Waals surface area contributed by atoms with Gasteiger partial charge in [-0.3, -0.25) is 18.6 Å². The molecule has 3 unspecified atom stereocenters. The van der Waals surface area contributed by atoms with E-state index in [1.165, 1.54) is 199 Å². The van der Waals surface area contributed by atoms with Crippen LogP contribution in [0.15, 0.2) is 72.9 Å². The predicted octanol–water partition coefficient (Wildman–Crippen LogP) is 21.2. The Morgan fingerprint density at radius 1 is 0.438 bits per heavy atom. The smallest absolute Gasteiger partial charge is 0.456 e. The molecule has 0 spiro atoms. The largest absolute Gasteiger partial charge is 0.472 e. The molecule has 0 saturated carbocycles. The minimum Gasteiger partial charge on any atom is -0.456 e. The zero-order chi connectivity index (χ0) is 58.6. The number of carbonyl (C=O) groups is 2. The van der Waals surface area contributed by atoms with Crippen molar-refractivity contribution in [1.82, 2.24) is 5.32 Å².